The molecule has 0 saturated carbocycles. The molecule has 254 valence electrons. The van der Waals surface area contributed by atoms with E-state index < -0.39 is 0 Å². The van der Waals surface area contributed by atoms with Crippen molar-refractivity contribution in [3.05, 3.63) is 212 Å². The maximum atomic E-state index is 4.95. The summed E-state index contributed by atoms with van der Waals surface area (Å²) in [5.74, 6) is 1.95. The number of nitrogens with zero attached hydrogens (tertiary/aromatic N) is 3. The SMILES string of the molecule is c1ccc(-c2ccc(-c3cccc(-c4ccc(-c5cccc(-c6cccc(-c7nc(-c8ccccc8)nc(-c8ccccc8)n7)c6)c5)cc4)c3)cc2)cc1. The molecule has 3 heteroatoms. The Labute approximate surface area is 316 Å². The molecule has 0 fully saturated rings. The van der Waals surface area contributed by atoms with E-state index in [1.54, 1.807) is 0 Å². The van der Waals surface area contributed by atoms with E-state index in [4.69, 9.17) is 15.0 Å². The van der Waals surface area contributed by atoms with Crippen LogP contribution in [0, 0.1) is 0 Å². The molecule has 0 aliphatic heterocycles. The van der Waals surface area contributed by atoms with Gasteiger partial charge in [-0.3, -0.25) is 0 Å². The summed E-state index contributed by atoms with van der Waals surface area (Å²) in [5.41, 5.74) is 14.6. The van der Waals surface area contributed by atoms with Gasteiger partial charge in [0.2, 0.25) is 0 Å². The van der Waals surface area contributed by atoms with Crippen molar-refractivity contribution in [3.63, 3.8) is 0 Å². The molecule has 0 saturated heterocycles. The smallest absolute Gasteiger partial charge is 0.164 e. The maximum Gasteiger partial charge on any atom is 0.164 e. The van der Waals surface area contributed by atoms with Gasteiger partial charge in [-0.05, 0) is 73.8 Å². The highest BCUT2D eigenvalue weighted by atomic mass is 15.0. The van der Waals surface area contributed by atoms with Crippen LogP contribution in [0.5, 0.6) is 0 Å². The lowest BCUT2D eigenvalue weighted by Crippen LogP contribution is -2.00. The number of aromatic nitrogens is 3. The molecule has 9 aromatic rings. The van der Waals surface area contributed by atoms with Crippen LogP contribution in [0.3, 0.4) is 0 Å². The number of benzene rings is 8. The Morgan fingerprint density at radius 1 is 0.167 bits per heavy atom. The van der Waals surface area contributed by atoms with Gasteiger partial charge in [0, 0.05) is 16.7 Å². The topological polar surface area (TPSA) is 38.7 Å². The Bertz CT molecular complexity index is 2610. The van der Waals surface area contributed by atoms with E-state index in [-0.39, 0.29) is 0 Å². The fourth-order valence-electron chi connectivity index (χ4n) is 6.87. The van der Waals surface area contributed by atoms with Crippen molar-refractivity contribution < 1.29 is 0 Å². The van der Waals surface area contributed by atoms with Crippen LogP contribution in [0.1, 0.15) is 0 Å². The predicted molar refractivity (Wildman–Crippen MR) is 223 cm³/mol. The molecule has 0 bridgehead atoms. The largest absolute Gasteiger partial charge is 0.208 e. The molecule has 8 aromatic carbocycles. The van der Waals surface area contributed by atoms with Gasteiger partial charge in [0.05, 0.1) is 0 Å². The van der Waals surface area contributed by atoms with Crippen molar-refractivity contribution in [1.29, 1.82) is 0 Å². The molecule has 0 aliphatic rings. The first-order valence-electron chi connectivity index (χ1n) is 18.2. The quantitative estimate of drug-likeness (QED) is 0.159. The third-order valence-electron chi connectivity index (χ3n) is 9.76. The third kappa shape index (κ3) is 6.99. The lowest BCUT2D eigenvalue weighted by Gasteiger charge is -2.11. The molecule has 0 atom stereocenters. The zero-order valence-electron chi connectivity index (χ0n) is 29.5. The Kier molecular flexibility index (Phi) is 8.94. The van der Waals surface area contributed by atoms with Crippen LogP contribution in [-0.4, -0.2) is 15.0 Å². The third-order valence-corrected chi connectivity index (χ3v) is 9.76. The summed E-state index contributed by atoms with van der Waals surface area (Å²) in [5, 5.41) is 0. The van der Waals surface area contributed by atoms with Gasteiger partial charge in [0.25, 0.3) is 0 Å². The first kappa shape index (κ1) is 32.7. The molecule has 0 N–H and O–H groups in total. The molecule has 0 amide bonds. The molecular formula is C51H35N3. The number of hydrogen-bond donors (Lipinski definition) is 0. The van der Waals surface area contributed by atoms with Crippen molar-refractivity contribution in [2.24, 2.45) is 0 Å². The fraction of sp³-hybridized carbons (Fsp3) is 0. The second kappa shape index (κ2) is 14.8. The molecular weight excluding hydrogens is 655 g/mol. The van der Waals surface area contributed by atoms with Gasteiger partial charge < -0.3 is 0 Å². The van der Waals surface area contributed by atoms with Crippen LogP contribution in [0.2, 0.25) is 0 Å². The van der Waals surface area contributed by atoms with Gasteiger partial charge in [-0.25, -0.2) is 15.0 Å². The molecule has 54 heavy (non-hydrogen) atoms. The van der Waals surface area contributed by atoms with Gasteiger partial charge in [-0.1, -0.05) is 194 Å². The van der Waals surface area contributed by atoms with E-state index in [9.17, 15) is 0 Å². The molecule has 9 rings (SSSR count). The van der Waals surface area contributed by atoms with Gasteiger partial charge in [-0.15, -0.1) is 0 Å². The predicted octanol–water partition coefficient (Wildman–Crippen LogP) is 13.2. The summed E-state index contributed by atoms with van der Waals surface area (Å²) in [6, 6.07) is 74.3. The summed E-state index contributed by atoms with van der Waals surface area (Å²) in [6.07, 6.45) is 0. The zero-order chi connectivity index (χ0) is 36.1. The van der Waals surface area contributed by atoms with Gasteiger partial charge in [-0.2, -0.15) is 0 Å². The highest BCUT2D eigenvalue weighted by Crippen LogP contribution is 2.33. The fourth-order valence-corrected chi connectivity index (χ4v) is 6.87. The molecule has 1 aromatic heterocycles. The Morgan fingerprint density at radius 2 is 0.389 bits per heavy atom. The highest BCUT2D eigenvalue weighted by molar-refractivity contribution is 5.79. The summed E-state index contributed by atoms with van der Waals surface area (Å²) >= 11 is 0. The van der Waals surface area contributed by atoms with Crippen molar-refractivity contribution in [3.8, 4) is 89.8 Å². The van der Waals surface area contributed by atoms with Crippen molar-refractivity contribution in [2.45, 2.75) is 0 Å². The molecule has 3 nitrogen and oxygen atoms in total. The lowest BCUT2D eigenvalue weighted by molar-refractivity contribution is 1.07. The Morgan fingerprint density at radius 3 is 0.759 bits per heavy atom. The van der Waals surface area contributed by atoms with Crippen molar-refractivity contribution >= 4 is 0 Å². The normalized spacial score (nSPS) is 11.0. The minimum Gasteiger partial charge on any atom is -0.208 e. The standard InChI is InChI=1S/C51H35N3/c1-4-13-36(14-5-1)37-25-27-38(28-26-37)43-19-10-20-44(33-43)39-29-31-40(32-30-39)45-21-11-22-46(34-45)47-23-12-24-48(35-47)51-53-49(41-15-6-2-7-16-41)52-50(54-51)42-17-8-3-9-18-42/h1-35H. The van der Waals surface area contributed by atoms with Crippen LogP contribution in [0.25, 0.3) is 89.8 Å². The van der Waals surface area contributed by atoms with Crippen LogP contribution in [0.15, 0.2) is 212 Å². The summed E-state index contributed by atoms with van der Waals surface area (Å²) < 4.78 is 0. The maximum absolute atomic E-state index is 4.95. The van der Waals surface area contributed by atoms with E-state index >= 15 is 0 Å². The Hall–Kier alpha value is -7.23. The highest BCUT2D eigenvalue weighted by Gasteiger charge is 2.13. The average Bonchev–Trinajstić information content (AvgIpc) is 3.27. The number of hydrogen-bond acceptors (Lipinski definition) is 3. The van der Waals surface area contributed by atoms with Crippen LogP contribution < -0.4 is 0 Å². The van der Waals surface area contributed by atoms with E-state index in [1.165, 1.54) is 38.9 Å². The van der Waals surface area contributed by atoms with E-state index in [1.807, 2.05) is 60.7 Å². The molecule has 0 aliphatic carbocycles. The van der Waals surface area contributed by atoms with E-state index in [0.717, 1.165) is 33.4 Å². The van der Waals surface area contributed by atoms with Gasteiger partial charge >= 0.3 is 0 Å². The lowest BCUT2D eigenvalue weighted by atomic mass is 9.95. The second-order valence-corrected chi connectivity index (χ2v) is 13.3. The van der Waals surface area contributed by atoms with Crippen molar-refractivity contribution in [1.82, 2.24) is 15.0 Å². The molecule has 0 unspecified atom stereocenters. The van der Waals surface area contributed by atoms with Gasteiger partial charge in [0.15, 0.2) is 17.5 Å². The first-order chi connectivity index (χ1) is 26.7. The zero-order valence-corrected chi connectivity index (χ0v) is 29.5. The monoisotopic (exact) mass is 689 g/mol. The van der Waals surface area contributed by atoms with Crippen LogP contribution >= 0.6 is 0 Å². The molecule has 0 spiro atoms. The minimum atomic E-state index is 0.643. The molecule has 1 heterocycles. The van der Waals surface area contributed by atoms with Crippen LogP contribution in [0.4, 0.5) is 0 Å². The van der Waals surface area contributed by atoms with E-state index in [2.05, 4.69) is 152 Å². The first-order valence-corrected chi connectivity index (χ1v) is 18.2. The molecule has 0 radical (unpaired) electrons. The Balaban J connectivity index is 0.981. The second-order valence-electron chi connectivity index (χ2n) is 13.3. The summed E-state index contributed by atoms with van der Waals surface area (Å²) in [4.78, 5) is 14.8. The van der Waals surface area contributed by atoms with Crippen molar-refractivity contribution in [2.75, 3.05) is 0 Å². The van der Waals surface area contributed by atoms with Crippen LogP contribution in [-0.2, 0) is 0 Å². The van der Waals surface area contributed by atoms with E-state index in [0.29, 0.717) is 17.5 Å². The van der Waals surface area contributed by atoms with Gasteiger partial charge in [0.1, 0.15) is 0 Å². The minimum absolute atomic E-state index is 0.643. The number of rotatable bonds is 8. The summed E-state index contributed by atoms with van der Waals surface area (Å²) in [7, 11) is 0. The average molecular weight is 690 g/mol. The summed E-state index contributed by atoms with van der Waals surface area (Å²) in [6.45, 7) is 0.